The van der Waals surface area contributed by atoms with Crippen molar-refractivity contribution in [2.75, 3.05) is 19.8 Å². The summed E-state index contributed by atoms with van der Waals surface area (Å²) in [5.41, 5.74) is 0. The summed E-state index contributed by atoms with van der Waals surface area (Å²) in [6, 6.07) is 40.8. The minimum absolute atomic E-state index is 0.291. The van der Waals surface area contributed by atoms with Crippen LogP contribution in [0.15, 0.2) is 134 Å². The van der Waals surface area contributed by atoms with Crippen LogP contribution in [0.1, 0.15) is 76.2 Å². The van der Waals surface area contributed by atoms with Crippen molar-refractivity contribution < 1.29 is 75.5 Å². The molecule has 6 rings (SSSR count). The number of rotatable bonds is 20. The highest BCUT2D eigenvalue weighted by molar-refractivity contribution is 7.00. The average Bonchev–Trinajstić information content (AvgIpc) is 3.62. The standard InChI is InChI=1S/C57H69NO16Si2/c1-38(59)67-49-47(35-65-75(55(6,7)8,43-25-16-12-17-26-43)44-27-18-13-19-28-44)72-54(52(70-41(4)62)51(49)69-40(3)61)74-57(37-64-34-24-33-58)53(71-42(5)63)50(68-39(2)60)48(73-57)36-66-76(56(9,10)11,45-29-20-14-21-30-45)46-31-22-15-23-32-46/h12-32,34,47-54H,35-37H2,1-11H3/b34-24-/t47-,48-,49-,50-,51+,52-,53+,54-,57+/m1/s1. The van der Waals surface area contributed by atoms with Crippen molar-refractivity contribution in [1.29, 1.82) is 5.26 Å². The summed E-state index contributed by atoms with van der Waals surface area (Å²) in [5.74, 6) is -6.57. The lowest BCUT2D eigenvalue weighted by molar-refractivity contribution is -0.383. The Morgan fingerprint density at radius 2 is 0.908 bits per heavy atom. The monoisotopic (exact) mass is 1080 g/mol. The van der Waals surface area contributed by atoms with Gasteiger partial charge in [0.15, 0.2) is 30.5 Å². The molecule has 4 aromatic carbocycles. The highest BCUT2D eigenvalue weighted by atomic mass is 28.4. The fraction of sp³-hybridized carbons (Fsp3) is 0.439. The zero-order chi connectivity index (χ0) is 55.5. The van der Waals surface area contributed by atoms with Crippen LogP contribution in [0.4, 0.5) is 0 Å². The Morgan fingerprint density at radius 3 is 1.29 bits per heavy atom. The van der Waals surface area contributed by atoms with Crippen molar-refractivity contribution in [2.45, 2.75) is 141 Å². The lowest BCUT2D eigenvalue weighted by Crippen LogP contribution is -2.69. The molecule has 0 bridgehead atoms. The van der Waals surface area contributed by atoms with Crippen LogP contribution in [0.25, 0.3) is 0 Å². The number of benzene rings is 4. The van der Waals surface area contributed by atoms with Gasteiger partial charge < -0.3 is 51.5 Å². The second-order valence-electron chi connectivity index (χ2n) is 20.6. The summed E-state index contributed by atoms with van der Waals surface area (Å²) in [7, 11) is -6.77. The van der Waals surface area contributed by atoms with E-state index >= 15 is 0 Å². The van der Waals surface area contributed by atoms with Crippen LogP contribution in [-0.4, -0.2) is 121 Å². The number of carbonyl (C=O) groups excluding carboxylic acids is 5. The Labute approximate surface area is 446 Å². The molecular formula is C57H69NO16Si2. The highest BCUT2D eigenvalue weighted by Crippen LogP contribution is 2.44. The quantitative estimate of drug-likeness (QED) is 0.0342. The van der Waals surface area contributed by atoms with E-state index in [4.69, 9.17) is 51.5 Å². The molecule has 0 aliphatic carbocycles. The molecule has 0 spiro atoms. The average molecular weight is 1080 g/mol. The van der Waals surface area contributed by atoms with Gasteiger partial charge in [0.2, 0.25) is 12.1 Å². The molecule has 0 aromatic heterocycles. The van der Waals surface area contributed by atoms with Gasteiger partial charge in [0.25, 0.3) is 16.6 Å². The predicted octanol–water partition coefficient (Wildman–Crippen LogP) is 5.69. The topological polar surface area (TPSA) is 211 Å². The Hall–Kier alpha value is -6.51. The Morgan fingerprint density at radius 1 is 0.539 bits per heavy atom. The number of nitriles is 1. The number of hydrogen-bond acceptors (Lipinski definition) is 17. The summed E-state index contributed by atoms with van der Waals surface area (Å²) in [6.07, 6.45) is -10.5. The van der Waals surface area contributed by atoms with E-state index in [-0.39, 0.29) is 13.2 Å². The van der Waals surface area contributed by atoms with Crippen molar-refractivity contribution in [3.8, 4) is 6.07 Å². The van der Waals surface area contributed by atoms with Crippen LogP contribution < -0.4 is 20.7 Å². The molecule has 4 aromatic rings. The maximum Gasteiger partial charge on any atom is 0.303 e. The molecule has 9 atom stereocenters. The van der Waals surface area contributed by atoms with Gasteiger partial charge in [0.05, 0.1) is 31.6 Å². The molecule has 76 heavy (non-hydrogen) atoms. The Kier molecular flexibility index (Phi) is 19.4. The first kappa shape index (κ1) is 58.8. The Bertz CT molecular complexity index is 2600. The fourth-order valence-corrected chi connectivity index (χ4v) is 19.5. The van der Waals surface area contributed by atoms with Crippen LogP contribution in [0.3, 0.4) is 0 Å². The van der Waals surface area contributed by atoms with Gasteiger partial charge in [-0.05, 0) is 30.8 Å². The van der Waals surface area contributed by atoms with E-state index in [0.717, 1.165) is 60.8 Å². The molecule has 0 N–H and O–H groups in total. The van der Waals surface area contributed by atoms with Crippen molar-refractivity contribution in [3.05, 3.63) is 134 Å². The number of allylic oxidation sites excluding steroid dienone is 1. The Balaban J connectivity index is 1.54. The molecule has 406 valence electrons. The first-order chi connectivity index (χ1) is 36.0. The number of carbonyl (C=O) groups is 5. The van der Waals surface area contributed by atoms with Crippen molar-refractivity contribution >= 4 is 67.2 Å². The maximum atomic E-state index is 13.4. The minimum Gasteiger partial charge on any atom is -0.495 e. The highest BCUT2D eigenvalue weighted by Gasteiger charge is 2.65. The molecule has 0 amide bonds. The third kappa shape index (κ3) is 13.2. The van der Waals surface area contributed by atoms with E-state index in [1.165, 1.54) is 6.92 Å². The molecular weight excluding hydrogens is 1010 g/mol. The lowest BCUT2D eigenvalue weighted by atomic mass is 9.97. The minimum atomic E-state index is -3.40. The molecule has 0 unspecified atom stereocenters. The van der Waals surface area contributed by atoms with E-state index in [1.54, 1.807) is 0 Å². The second-order valence-corrected chi connectivity index (χ2v) is 29.3. The van der Waals surface area contributed by atoms with Crippen LogP contribution in [0.2, 0.25) is 10.1 Å². The zero-order valence-corrected chi connectivity index (χ0v) is 46.9. The van der Waals surface area contributed by atoms with Gasteiger partial charge in [-0.2, -0.15) is 5.26 Å². The SMILES string of the molecule is CC(=O)O[C@@H]1[C@@H](OC(C)=O)[C@@H](O[C@]2(CO/C=C\C#N)O[C@H](CO[Si](c3ccccc3)(c3ccccc3)C(C)(C)C)[C@@H](OC(C)=O)[C@@H]2OC(C)=O)O[C@H](CO[Si](c2ccccc2)(c2ccccc2)C(C)(C)C)[C@H]1OC(C)=O. The van der Waals surface area contributed by atoms with Crippen molar-refractivity contribution in [2.24, 2.45) is 0 Å². The van der Waals surface area contributed by atoms with E-state index in [1.807, 2.05) is 127 Å². The molecule has 2 aliphatic heterocycles. The van der Waals surface area contributed by atoms with Gasteiger partial charge >= 0.3 is 29.8 Å². The van der Waals surface area contributed by atoms with Gasteiger partial charge in [0.1, 0.15) is 18.8 Å². The maximum absolute atomic E-state index is 13.4. The lowest BCUT2D eigenvalue weighted by Gasteiger charge is -2.48. The van der Waals surface area contributed by atoms with Crippen LogP contribution in [0.5, 0.6) is 0 Å². The molecule has 0 saturated carbocycles. The van der Waals surface area contributed by atoms with Crippen molar-refractivity contribution in [3.63, 3.8) is 0 Å². The van der Waals surface area contributed by atoms with Crippen LogP contribution in [-0.2, 0) is 75.5 Å². The normalized spacial score (nSPS) is 23.9. The van der Waals surface area contributed by atoms with Gasteiger partial charge in [-0.25, -0.2) is 0 Å². The smallest absolute Gasteiger partial charge is 0.303 e. The van der Waals surface area contributed by atoms with Crippen molar-refractivity contribution in [1.82, 2.24) is 0 Å². The van der Waals surface area contributed by atoms with Gasteiger partial charge in [-0.3, -0.25) is 24.0 Å². The van der Waals surface area contributed by atoms with Crippen LogP contribution >= 0.6 is 0 Å². The first-order valence-corrected chi connectivity index (χ1v) is 28.8. The summed E-state index contributed by atoms with van der Waals surface area (Å²) in [5, 5.41) is 12.1. The molecule has 2 aliphatic rings. The summed E-state index contributed by atoms with van der Waals surface area (Å²) < 4.78 is 71.3. The number of ether oxygens (including phenoxy) is 9. The molecule has 0 radical (unpaired) electrons. The number of esters is 5. The van der Waals surface area contributed by atoms with E-state index in [0.29, 0.717) is 0 Å². The summed E-state index contributed by atoms with van der Waals surface area (Å²) in [6.45, 7) is 16.8. The van der Waals surface area contributed by atoms with Gasteiger partial charge in [-0.15, -0.1) is 0 Å². The predicted molar refractivity (Wildman–Crippen MR) is 283 cm³/mol. The number of hydrogen-bond donors (Lipinski definition) is 0. The van der Waals surface area contributed by atoms with E-state index < -0.39 is 118 Å². The third-order valence-electron chi connectivity index (χ3n) is 13.1. The number of nitrogens with zero attached hydrogens (tertiary/aromatic N) is 1. The zero-order valence-electron chi connectivity index (χ0n) is 44.9. The van der Waals surface area contributed by atoms with E-state index in [2.05, 4.69) is 41.5 Å². The van der Waals surface area contributed by atoms with E-state index in [9.17, 15) is 29.2 Å². The van der Waals surface area contributed by atoms with Gasteiger partial charge in [-0.1, -0.05) is 163 Å². The first-order valence-electron chi connectivity index (χ1n) is 25.0. The van der Waals surface area contributed by atoms with Gasteiger partial charge in [0, 0.05) is 34.6 Å². The van der Waals surface area contributed by atoms with Crippen LogP contribution in [0, 0.1) is 11.3 Å². The molecule has 17 nitrogen and oxygen atoms in total. The largest absolute Gasteiger partial charge is 0.495 e. The summed E-state index contributed by atoms with van der Waals surface area (Å²) in [4.78, 5) is 66.2. The fourth-order valence-electron chi connectivity index (χ4n) is 10.3. The third-order valence-corrected chi connectivity index (χ3v) is 23.2. The second kappa shape index (κ2) is 25.1. The molecule has 2 fully saturated rings. The summed E-state index contributed by atoms with van der Waals surface area (Å²) >= 11 is 0. The molecule has 19 heteroatoms. The molecule has 2 saturated heterocycles. The molecule has 2 heterocycles.